The first kappa shape index (κ1) is 17.1. The van der Waals surface area contributed by atoms with Crippen molar-refractivity contribution in [2.24, 2.45) is 11.1 Å². The molecule has 3 nitrogen and oxygen atoms in total. The fraction of sp³-hybridized carbons (Fsp3) is 0.467. The highest BCUT2D eigenvalue weighted by Gasteiger charge is 2.15. The van der Waals surface area contributed by atoms with Crippen molar-refractivity contribution < 1.29 is 4.74 Å². The zero-order valence-electron chi connectivity index (χ0n) is 11.8. The van der Waals surface area contributed by atoms with Crippen molar-refractivity contribution in [2.75, 3.05) is 5.94 Å². The Hall–Kier alpha value is -1.00. The molecule has 0 aliphatic carbocycles. The zero-order valence-corrected chi connectivity index (χ0v) is 13.4. The van der Waals surface area contributed by atoms with Gasteiger partial charge in [-0.05, 0) is 36.4 Å². The van der Waals surface area contributed by atoms with Gasteiger partial charge in [0.15, 0.2) is 0 Å². The van der Waals surface area contributed by atoms with Gasteiger partial charge >= 0.3 is 0 Å². The van der Waals surface area contributed by atoms with E-state index in [1.165, 1.54) is 0 Å². The molecule has 0 fully saturated rings. The fourth-order valence-corrected chi connectivity index (χ4v) is 2.62. The highest BCUT2D eigenvalue weighted by molar-refractivity contribution is 8.02. The highest BCUT2D eigenvalue weighted by Crippen LogP contribution is 2.21. The van der Waals surface area contributed by atoms with Crippen molar-refractivity contribution in [2.45, 2.75) is 32.7 Å². The van der Waals surface area contributed by atoms with Gasteiger partial charge in [-0.3, -0.25) is 0 Å². The van der Waals surface area contributed by atoms with Crippen LogP contribution in [-0.2, 0) is 0 Å². The summed E-state index contributed by atoms with van der Waals surface area (Å²) in [6, 6.07) is 7.18. The van der Waals surface area contributed by atoms with Gasteiger partial charge in [-0.25, -0.2) is 0 Å². The predicted octanol–water partition coefficient (Wildman–Crippen LogP) is 5.49. The third-order valence-corrected chi connectivity index (χ3v) is 3.87. The van der Waals surface area contributed by atoms with Gasteiger partial charge in [0.1, 0.15) is 11.7 Å². The molecule has 0 amide bonds. The monoisotopic (exact) mass is 313 g/mol. The topological polar surface area (TPSA) is 38.7 Å². The van der Waals surface area contributed by atoms with Crippen molar-refractivity contribution in [1.29, 1.82) is 0 Å². The first-order valence-corrected chi connectivity index (χ1v) is 8.13. The standard InChI is InChI=1S/C15H20ClNO2S/c1-3-12(15(4-2)17-18)8-9-20-11-19-14-7-5-6-13(16)10-14/h5-10,12,15H,3-4,11H2,1-2H3/b9-8+. The average Bonchev–Trinajstić information content (AvgIpc) is 2.46. The van der Waals surface area contributed by atoms with E-state index >= 15 is 0 Å². The summed E-state index contributed by atoms with van der Waals surface area (Å²) in [5.74, 6) is 1.47. The van der Waals surface area contributed by atoms with Crippen LogP contribution in [-0.4, -0.2) is 12.0 Å². The average molecular weight is 314 g/mol. The minimum Gasteiger partial charge on any atom is -0.483 e. The summed E-state index contributed by atoms with van der Waals surface area (Å²) in [6.07, 6.45) is 3.73. The molecule has 0 saturated heterocycles. The van der Waals surface area contributed by atoms with Crippen LogP contribution >= 0.6 is 23.4 Å². The van der Waals surface area contributed by atoms with E-state index in [0.29, 0.717) is 11.0 Å². The van der Waals surface area contributed by atoms with E-state index in [0.717, 1.165) is 18.6 Å². The van der Waals surface area contributed by atoms with Crippen molar-refractivity contribution in [3.63, 3.8) is 0 Å². The van der Waals surface area contributed by atoms with Crippen molar-refractivity contribution >= 4 is 23.4 Å². The summed E-state index contributed by atoms with van der Waals surface area (Å²) < 4.78 is 5.56. The second-order valence-corrected chi connectivity index (χ2v) is 5.65. The summed E-state index contributed by atoms with van der Waals surface area (Å²) in [5.41, 5.74) is 0. The maximum absolute atomic E-state index is 10.7. The molecule has 1 rings (SSSR count). The lowest BCUT2D eigenvalue weighted by atomic mass is 9.96. The van der Waals surface area contributed by atoms with E-state index in [-0.39, 0.29) is 12.0 Å². The Kier molecular flexibility index (Phi) is 8.38. The lowest BCUT2D eigenvalue weighted by Crippen LogP contribution is -2.14. The number of nitrogens with zero attached hydrogens (tertiary/aromatic N) is 1. The number of thioether (sulfide) groups is 1. The smallest absolute Gasteiger partial charge is 0.138 e. The van der Waals surface area contributed by atoms with Gasteiger partial charge in [0.05, 0.1) is 6.04 Å². The minimum absolute atomic E-state index is 0.134. The minimum atomic E-state index is -0.134. The van der Waals surface area contributed by atoms with Crippen LogP contribution in [0.3, 0.4) is 0 Å². The number of halogens is 1. The van der Waals surface area contributed by atoms with Crippen molar-refractivity contribution in [3.8, 4) is 5.75 Å². The number of benzene rings is 1. The number of ether oxygens (including phenoxy) is 1. The number of nitroso groups, excluding NO2 is 1. The van der Waals surface area contributed by atoms with Crippen LogP contribution in [0.4, 0.5) is 0 Å². The molecule has 0 saturated carbocycles. The Morgan fingerprint density at radius 2 is 2.20 bits per heavy atom. The number of hydrogen-bond acceptors (Lipinski definition) is 4. The molecule has 2 unspecified atom stereocenters. The van der Waals surface area contributed by atoms with E-state index in [1.807, 2.05) is 36.6 Å². The van der Waals surface area contributed by atoms with Crippen LogP contribution in [0.1, 0.15) is 26.7 Å². The first-order chi connectivity index (χ1) is 9.71. The highest BCUT2D eigenvalue weighted by atomic mass is 35.5. The Bertz CT molecular complexity index is 440. The number of hydrogen-bond donors (Lipinski definition) is 0. The Labute approximate surface area is 129 Å². The molecular formula is C15H20ClNO2S. The maximum Gasteiger partial charge on any atom is 0.138 e. The van der Waals surface area contributed by atoms with Crippen molar-refractivity contribution in [3.05, 3.63) is 45.7 Å². The normalized spacial score (nSPS) is 14.2. The Morgan fingerprint density at radius 1 is 1.40 bits per heavy atom. The molecule has 0 spiro atoms. The molecule has 0 heterocycles. The molecule has 1 aromatic rings. The predicted molar refractivity (Wildman–Crippen MR) is 87.3 cm³/mol. The van der Waals surface area contributed by atoms with E-state index in [4.69, 9.17) is 16.3 Å². The zero-order chi connectivity index (χ0) is 14.8. The molecule has 0 N–H and O–H groups in total. The third-order valence-electron chi connectivity index (χ3n) is 3.03. The van der Waals surface area contributed by atoms with Gasteiger partial charge in [-0.15, -0.1) is 0 Å². The molecule has 0 radical (unpaired) electrons. The lowest BCUT2D eigenvalue weighted by molar-refractivity contribution is 0.393. The van der Waals surface area contributed by atoms with Crippen LogP contribution in [0.5, 0.6) is 5.75 Å². The maximum atomic E-state index is 10.7. The molecule has 20 heavy (non-hydrogen) atoms. The molecule has 0 aliphatic heterocycles. The van der Waals surface area contributed by atoms with E-state index in [2.05, 4.69) is 12.1 Å². The van der Waals surface area contributed by atoms with Gasteiger partial charge < -0.3 is 4.74 Å². The Balaban J connectivity index is 2.35. The van der Waals surface area contributed by atoms with Crippen molar-refractivity contribution in [1.82, 2.24) is 0 Å². The van der Waals surface area contributed by atoms with Gasteiger partial charge in [0.2, 0.25) is 0 Å². The van der Waals surface area contributed by atoms with Gasteiger partial charge in [-0.2, -0.15) is 4.91 Å². The molecular weight excluding hydrogens is 294 g/mol. The Morgan fingerprint density at radius 3 is 2.80 bits per heavy atom. The summed E-state index contributed by atoms with van der Waals surface area (Å²) in [5, 5.41) is 5.82. The van der Waals surface area contributed by atoms with Gasteiger partial charge in [-0.1, -0.05) is 54.5 Å². The van der Waals surface area contributed by atoms with Crippen LogP contribution in [0, 0.1) is 10.8 Å². The number of rotatable bonds is 9. The SMILES string of the molecule is CCC(/C=C/SCOc1cccc(Cl)c1)C(CC)N=O. The molecule has 0 aliphatic rings. The quantitative estimate of drug-likeness (QED) is 0.343. The van der Waals surface area contributed by atoms with Crippen LogP contribution in [0.2, 0.25) is 5.02 Å². The molecule has 0 aromatic heterocycles. The van der Waals surface area contributed by atoms with E-state index in [9.17, 15) is 4.91 Å². The summed E-state index contributed by atoms with van der Waals surface area (Å²) in [7, 11) is 0. The molecule has 1 aromatic carbocycles. The van der Waals surface area contributed by atoms with Crippen LogP contribution in [0.25, 0.3) is 0 Å². The molecule has 110 valence electrons. The second-order valence-electron chi connectivity index (χ2n) is 4.37. The first-order valence-electron chi connectivity index (χ1n) is 6.70. The summed E-state index contributed by atoms with van der Waals surface area (Å²) in [4.78, 5) is 10.7. The van der Waals surface area contributed by atoms with Gasteiger partial charge in [0.25, 0.3) is 0 Å². The lowest BCUT2D eigenvalue weighted by Gasteiger charge is -2.14. The summed E-state index contributed by atoms with van der Waals surface area (Å²) >= 11 is 7.42. The van der Waals surface area contributed by atoms with E-state index < -0.39 is 0 Å². The van der Waals surface area contributed by atoms with Crippen LogP contribution < -0.4 is 4.74 Å². The van der Waals surface area contributed by atoms with Crippen LogP contribution in [0.15, 0.2) is 40.9 Å². The molecule has 2 atom stereocenters. The van der Waals surface area contributed by atoms with E-state index in [1.54, 1.807) is 17.8 Å². The largest absolute Gasteiger partial charge is 0.483 e. The summed E-state index contributed by atoms with van der Waals surface area (Å²) in [6.45, 7) is 4.05. The third kappa shape index (κ3) is 5.97. The molecule has 0 bridgehead atoms. The fourth-order valence-electron chi connectivity index (χ4n) is 1.85. The second kappa shape index (κ2) is 9.83. The molecule has 5 heteroatoms. The van der Waals surface area contributed by atoms with Gasteiger partial charge in [0, 0.05) is 10.9 Å².